The molecule has 0 aliphatic heterocycles. The number of unbranched alkanes of at least 4 members (excludes halogenated alkanes) is 2. The van der Waals surface area contributed by atoms with Crippen LogP contribution in [0.25, 0.3) is 0 Å². The maximum atomic E-state index is 15.4. The fourth-order valence-electron chi connectivity index (χ4n) is 7.20. The van der Waals surface area contributed by atoms with Gasteiger partial charge in [0, 0.05) is 0 Å². The summed E-state index contributed by atoms with van der Waals surface area (Å²) in [5, 5.41) is 0. The maximum absolute atomic E-state index is 15.4. The van der Waals surface area contributed by atoms with E-state index in [1.165, 1.54) is 108 Å². The van der Waals surface area contributed by atoms with E-state index in [-0.39, 0.29) is 11.2 Å². The highest BCUT2D eigenvalue weighted by atomic mass is 19.1. The monoisotopic (exact) mass is 398 g/mol. The van der Waals surface area contributed by atoms with Gasteiger partial charge >= 0.3 is 0 Å². The van der Waals surface area contributed by atoms with Crippen molar-refractivity contribution in [1.29, 1.82) is 0 Å². The molecule has 1 aromatic rings. The van der Waals surface area contributed by atoms with Crippen LogP contribution >= 0.6 is 0 Å². The van der Waals surface area contributed by atoms with Crippen molar-refractivity contribution in [3.8, 4) is 0 Å². The lowest BCUT2D eigenvalue weighted by atomic mass is 9.51. The van der Waals surface area contributed by atoms with E-state index >= 15 is 4.39 Å². The molecule has 0 radical (unpaired) electrons. The molecule has 5 rings (SSSR count). The zero-order valence-corrected chi connectivity index (χ0v) is 19.1. The number of benzene rings is 1. The van der Waals surface area contributed by atoms with E-state index in [0.29, 0.717) is 11.3 Å². The molecule has 0 heterocycles. The van der Waals surface area contributed by atoms with E-state index in [9.17, 15) is 0 Å². The van der Waals surface area contributed by atoms with Gasteiger partial charge in [-0.25, -0.2) is 4.39 Å². The Kier molecular flexibility index (Phi) is 6.72. The van der Waals surface area contributed by atoms with Crippen LogP contribution in [-0.2, 0) is 5.41 Å². The fraction of sp³-hybridized carbons (Fsp3) is 0.786. The minimum atomic E-state index is 0.110. The molecule has 0 spiro atoms. The van der Waals surface area contributed by atoms with Crippen molar-refractivity contribution in [1.82, 2.24) is 0 Å². The first-order chi connectivity index (χ1) is 14.1. The van der Waals surface area contributed by atoms with Crippen LogP contribution in [0.1, 0.15) is 134 Å². The van der Waals surface area contributed by atoms with Crippen LogP contribution in [-0.4, -0.2) is 0 Å². The summed E-state index contributed by atoms with van der Waals surface area (Å²) >= 11 is 0. The lowest BCUT2D eigenvalue weighted by molar-refractivity contribution is 0.0289. The van der Waals surface area contributed by atoms with E-state index in [1.807, 2.05) is 6.07 Å². The molecule has 4 aliphatic rings. The second-order valence-electron chi connectivity index (χ2n) is 11.0. The first-order valence-corrected chi connectivity index (χ1v) is 12.9. The zero-order chi connectivity index (χ0) is 20.3. The Hall–Kier alpha value is -0.850. The van der Waals surface area contributed by atoms with Crippen molar-refractivity contribution in [2.45, 2.75) is 128 Å². The average Bonchev–Trinajstić information content (AvgIpc) is 2.76. The predicted molar refractivity (Wildman–Crippen MR) is 122 cm³/mol. The number of rotatable bonds is 8. The van der Waals surface area contributed by atoms with Crippen molar-refractivity contribution in [3.63, 3.8) is 0 Å². The minimum Gasteiger partial charge on any atom is -0.207 e. The lowest BCUT2D eigenvalue weighted by Gasteiger charge is -2.54. The van der Waals surface area contributed by atoms with E-state index in [2.05, 4.69) is 26.0 Å². The molecule has 0 saturated heterocycles. The van der Waals surface area contributed by atoms with Gasteiger partial charge in [0.1, 0.15) is 5.82 Å². The fourth-order valence-corrected chi connectivity index (χ4v) is 7.20. The largest absolute Gasteiger partial charge is 0.207 e. The first-order valence-electron chi connectivity index (χ1n) is 12.9. The molecule has 4 saturated carbocycles. The van der Waals surface area contributed by atoms with Crippen molar-refractivity contribution < 1.29 is 4.39 Å². The van der Waals surface area contributed by atoms with E-state index < -0.39 is 0 Å². The van der Waals surface area contributed by atoms with Crippen LogP contribution in [0.5, 0.6) is 0 Å². The molecule has 2 bridgehead atoms. The van der Waals surface area contributed by atoms with Crippen LogP contribution in [0, 0.1) is 17.2 Å². The molecule has 4 fully saturated rings. The van der Waals surface area contributed by atoms with E-state index in [4.69, 9.17) is 0 Å². The number of fused-ring (bicyclic) bond motifs is 3. The highest BCUT2D eigenvalue weighted by Crippen LogP contribution is 2.60. The summed E-state index contributed by atoms with van der Waals surface area (Å²) in [5.74, 6) is 1.62. The van der Waals surface area contributed by atoms with Crippen molar-refractivity contribution in [2.24, 2.45) is 11.3 Å². The molecule has 0 N–H and O–H groups in total. The van der Waals surface area contributed by atoms with Crippen LogP contribution in [0.2, 0.25) is 0 Å². The third kappa shape index (κ3) is 4.45. The van der Waals surface area contributed by atoms with Gasteiger partial charge in [-0.15, -0.1) is 0 Å². The molecule has 0 nitrogen and oxygen atoms in total. The Morgan fingerprint density at radius 3 is 2.14 bits per heavy atom. The molecule has 1 aromatic carbocycles. The summed E-state index contributed by atoms with van der Waals surface area (Å²) in [7, 11) is 0. The topological polar surface area (TPSA) is 0 Å². The highest BCUT2D eigenvalue weighted by Gasteiger charge is 2.49. The molecule has 0 unspecified atom stereocenters. The van der Waals surface area contributed by atoms with E-state index in [1.54, 1.807) is 0 Å². The summed E-state index contributed by atoms with van der Waals surface area (Å²) in [6.45, 7) is 4.60. The minimum absolute atomic E-state index is 0.110. The Bertz CT molecular complexity index is 642. The van der Waals surface area contributed by atoms with Gasteiger partial charge in [-0.2, -0.15) is 0 Å². The molecule has 1 heteroatoms. The van der Waals surface area contributed by atoms with E-state index in [0.717, 1.165) is 11.5 Å². The van der Waals surface area contributed by atoms with Gasteiger partial charge in [0.05, 0.1) is 0 Å². The number of halogens is 1. The molecule has 0 atom stereocenters. The van der Waals surface area contributed by atoms with Gasteiger partial charge < -0.3 is 0 Å². The SMILES string of the molecule is CCCCCC12CCC(c3ccc(C4CCC(CCC)CC4)cc3F)(CC1)CC2. The van der Waals surface area contributed by atoms with Crippen molar-refractivity contribution >= 4 is 0 Å². The van der Waals surface area contributed by atoms with Gasteiger partial charge in [-0.1, -0.05) is 58.1 Å². The van der Waals surface area contributed by atoms with Crippen LogP contribution in [0.3, 0.4) is 0 Å². The second-order valence-corrected chi connectivity index (χ2v) is 11.0. The van der Waals surface area contributed by atoms with Gasteiger partial charge in [-0.3, -0.25) is 0 Å². The maximum Gasteiger partial charge on any atom is 0.127 e. The number of hydrogen-bond acceptors (Lipinski definition) is 0. The molecular weight excluding hydrogens is 355 g/mol. The molecule has 4 aliphatic carbocycles. The van der Waals surface area contributed by atoms with Crippen LogP contribution < -0.4 is 0 Å². The third-order valence-electron chi connectivity index (χ3n) is 9.29. The second kappa shape index (κ2) is 9.11. The first kappa shape index (κ1) is 21.4. The summed E-state index contributed by atoms with van der Waals surface area (Å²) in [4.78, 5) is 0. The van der Waals surface area contributed by atoms with Crippen molar-refractivity contribution in [3.05, 3.63) is 35.1 Å². The van der Waals surface area contributed by atoms with Crippen LogP contribution in [0.15, 0.2) is 18.2 Å². The molecule has 0 aromatic heterocycles. The standard InChI is InChI=1S/C28H43F/c1-3-5-6-14-27-15-18-28(19-16-27,20-17-27)25-13-12-24(21-26(25)29)23-10-8-22(7-4-2)9-11-23/h12-13,21-23H,3-11,14-20H2,1-2H3. The smallest absolute Gasteiger partial charge is 0.127 e. The zero-order valence-electron chi connectivity index (χ0n) is 19.1. The van der Waals surface area contributed by atoms with Gasteiger partial charge in [0.2, 0.25) is 0 Å². The van der Waals surface area contributed by atoms with Crippen molar-refractivity contribution in [2.75, 3.05) is 0 Å². The Balaban J connectivity index is 1.41. The number of hydrogen-bond donors (Lipinski definition) is 0. The quantitative estimate of drug-likeness (QED) is 0.383. The lowest BCUT2D eigenvalue weighted by Crippen LogP contribution is -2.44. The highest BCUT2D eigenvalue weighted by molar-refractivity contribution is 5.34. The predicted octanol–water partition coefficient (Wildman–Crippen LogP) is 9.07. The van der Waals surface area contributed by atoms with Crippen LogP contribution in [0.4, 0.5) is 4.39 Å². The summed E-state index contributed by atoms with van der Waals surface area (Å²) < 4.78 is 15.4. The summed E-state index contributed by atoms with van der Waals surface area (Å²) in [6, 6.07) is 6.44. The normalized spacial score (nSPS) is 34.4. The van der Waals surface area contributed by atoms with Gasteiger partial charge in [0.15, 0.2) is 0 Å². The van der Waals surface area contributed by atoms with Gasteiger partial charge in [0.25, 0.3) is 0 Å². The van der Waals surface area contributed by atoms with Gasteiger partial charge in [-0.05, 0) is 110 Å². The Morgan fingerprint density at radius 1 is 0.862 bits per heavy atom. The average molecular weight is 399 g/mol. The third-order valence-corrected chi connectivity index (χ3v) is 9.29. The molecule has 162 valence electrons. The Morgan fingerprint density at radius 2 is 1.55 bits per heavy atom. The Labute approximate surface area is 179 Å². The molecule has 0 amide bonds. The summed E-state index contributed by atoms with van der Waals surface area (Å²) in [5.41, 5.74) is 3.08. The summed E-state index contributed by atoms with van der Waals surface area (Å²) in [6.07, 6.45) is 21.0. The molecule has 29 heavy (non-hydrogen) atoms. The molecular formula is C28H43F.